The Morgan fingerprint density at radius 1 is 1.38 bits per heavy atom. The van der Waals surface area contributed by atoms with Gasteiger partial charge in [-0.15, -0.1) is 0 Å². The molecule has 1 N–H and O–H groups in total. The van der Waals surface area contributed by atoms with Crippen LogP contribution in [-0.4, -0.2) is 24.3 Å². The fraction of sp³-hybridized carbons (Fsp3) is 0.471. The number of hydrogen-bond acceptors (Lipinski definition) is 3. The maximum atomic E-state index is 10.7. The molecule has 0 saturated heterocycles. The molecule has 4 heteroatoms. The van der Waals surface area contributed by atoms with Gasteiger partial charge in [-0.25, -0.2) is 4.79 Å². The van der Waals surface area contributed by atoms with Crippen molar-refractivity contribution in [3.8, 4) is 11.5 Å². The highest BCUT2D eigenvalue weighted by Gasteiger charge is 2.21. The van der Waals surface area contributed by atoms with Crippen molar-refractivity contribution in [3.63, 3.8) is 0 Å². The monoisotopic (exact) mass is 290 g/mol. The zero-order valence-corrected chi connectivity index (χ0v) is 12.5. The van der Waals surface area contributed by atoms with E-state index in [2.05, 4.69) is 6.92 Å². The number of rotatable bonds is 5. The first-order valence-electron chi connectivity index (χ1n) is 7.34. The van der Waals surface area contributed by atoms with Gasteiger partial charge in [0.1, 0.15) is 11.5 Å². The number of carbonyl (C=O) groups is 1. The van der Waals surface area contributed by atoms with Crippen LogP contribution >= 0.6 is 0 Å². The summed E-state index contributed by atoms with van der Waals surface area (Å²) in [5.41, 5.74) is 0.761. The maximum Gasteiger partial charge on any atom is 0.328 e. The van der Waals surface area contributed by atoms with Crippen molar-refractivity contribution in [2.75, 3.05) is 7.11 Å². The van der Waals surface area contributed by atoms with Crippen molar-refractivity contribution in [1.29, 1.82) is 0 Å². The molecule has 0 aliphatic heterocycles. The van der Waals surface area contributed by atoms with Crippen LogP contribution in [0.25, 0.3) is 6.08 Å². The molecule has 21 heavy (non-hydrogen) atoms. The molecule has 2 rings (SSSR count). The molecule has 114 valence electrons. The molecule has 1 fully saturated rings. The van der Waals surface area contributed by atoms with Gasteiger partial charge in [-0.1, -0.05) is 13.3 Å². The molecule has 4 nitrogen and oxygen atoms in total. The van der Waals surface area contributed by atoms with Gasteiger partial charge in [-0.05, 0) is 43.4 Å². The lowest BCUT2D eigenvalue weighted by Gasteiger charge is -2.28. The van der Waals surface area contributed by atoms with Gasteiger partial charge in [0, 0.05) is 17.7 Å². The highest BCUT2D eigenvalue weighted by molar-refractivity contribution is 5.86. The minimum absolute atomic E-state index is 0.192. The molecule has 0 amide bonds. The van der Waals surface area contributed by atoms with Gasteiger partial charge in [0.15, 0.2) is 0 Å². The Balaban J connectivity index is 2.19. The van der Waals surface area contributed by atoms with Crippen LogP contribution in [0.15, 0.2) is 24.3 Å². The summed E-state index contributed by atoms with van der Waals surface area (Å²) in [5, 5.41) is 8.77. The third-order valence-electron chi connectivity index (χ3n) is 3.81. The largest absolute Gasteiger partial charge is 0.497 e. The standard InChI is InChI=1S/C17H22O4/c1-12-4-3-5-15(10-12)21-16-11-14(20-2)8-6-13(16)7-9-17(18)19/h6-9,11-12,15H,3-5,10H2,1-2H3,(H,18,19). The maximum absolute atomic E-state index is 10.7. The third kappa shape index (κ3) is 4.52. The average molecular weight is 290 g/mol. The molecule has 0 spiro atoms. The highest BCUT2D eigenvalue weighted by atomic mass is 16.5. The van der Waals surface area contributed by atoms with Gasteiger partial charge in [0.2, 0.25) is 0 Å². The smallest absolute Gasteiger partial charge is 0.328 e. The van der Waals surface area contributed by atoms with Crippen molar-refractivity contribution in [1.82, 2.24) is 0 Å². The van der Waals surface area contributed by atoms with E-state index in [0.29, 0.717) is 17.4 Å². The van der Waals surface area contributed by atoms with E-state index in [4.69, 9.17) is 14.6 Å². The molecular formula is C17H22O4. The van der Waals surface area contributed by atoms with Crippen molar-refractivity contribution in [3.05, 3.63) is 29.8 Å². The molecule has 1 saturated carbocycles. The lowest BCUT2D eigenvalue weighted by Crippen LogP contribution is -2.24. The highest BCUT2D eigenvalue weighted by Crippen LogP contribution is 2.31. The van der Waals surface area contributed by atoms with Crippen molar-refractivity contribution in [2.45, 2.75) is 38.7 Å². The molecule has 0 bridgehead atoms. The molecule has 2 unspecified atom stereocenters. The van der Waals surface area contributed by atoms with Crippen molar-refractivity contribution in [2.24, 2.45) is 5.92 Å². The Morgan fingerprint density at radius 2 is 2.19 bits per heavy atom. The van der Waals surface area contributed by atoms with E-state index in [1.165, 1.54) is 12.8 Å². The van der Waals surface area contributed by atoms with Gasteiger partial charge in [0.05, 0.1) is 13.2 Å². The first kappa shape index (κ1) is 15.4. The second-order valence-electron chi connectivity index (χ2n) is 5.59. The lowest BCUT2D eigenvalue weighted by molar-refractivity contribution is -0.131. The van der Waals surface area contributed by atoms with E-state index in [9.17, 15) is 4.79 Å². The van der Waals surface area contributed by atoms with Crippen molar-refractivity contribution < 1.29 is 19.4 Å². The average Bonchev–Trinajstić information content (AvgIpc) is 2.45. The fourth-order valence-corrected chi connectivity index (χ4v) is 2.71. The summed E-state index contributed by atoms with van der Waals surface area (Å²) in [6.45, 7) is 2.24. The van der Waals surface area contributed by atoms with Gasteiger partial charge in [0.25, 0.3) is 0 Å². The minimum atomic E-state index is -0.969. The predicted octanol–water partition coefficient (Wildman–Crippen LogP) is 3.75. The lowest BCUT2D eigenvalue weighted by atomic mass is 9.88. The number of benzene rings is 1. The summed E-state index contributed by atoms with van der Waals surface area (Å²) >= 11 is 0. The second-order valence-corrected chi connectivity index (χ2v) is 5.59. The SMILES string of the molecule is COc1ccc(C=CC(=O)O)c(OC2CCCC(C)C2)c1. The van der Waals surface area contributed by atoms with E-state index in [0.717, 1.165) is 24.5 Å². The van der Waals surface area contributed by atoms with Crippen LogP contribution in [0.1, 0.15) is 38.2 Å². The molecule has 1 aliphatic carbocycles. The fourth-order valence-electron chi connectivity index (χ4n) is 2.71. The van der Waals surface area contributed by atoms with Gasteiger partial charge in [-0.3, -0.25) is 0 Å². The zero-order chi connectivity index (χ0) is 15.2. The Kier molecular flexibility index (Phi) is 5.26. The molecule has 1 aliphatic rings. The third-order valence-corrected chi connectivity index (χ3v) is 3.81. The van der Waals surface area contributed by atoms with Crippen LogP contribution in [0, 0.1) is 5.92 Å². The Morgan fingerprint density at radius 3 is 2.86 bits per heavy atom. The number of hydrogen-bond donors (Lipinski definition) is 1. The van der Waals surface area contributed by atoms with Crippen LogP contribution in [0.4, 0.5) is 0 Å². The summed E-state index contributed by atoms with van der Waals surface area (Å²) < 4.78 is 11.3. The normalized spacial score (nSPS) is 22.2. The molecule has 0 aromatic heterocycles. The number of aliphatic carboxylic acids is 1. The minimum Gasteiger partial charge on any atom is -0.497 e. The molecule has 1 aromatic carbocycles. The number of ether oxygens (including phenoxy) is 2. The topological polar surface area (TPSA) is 55.8 Å². The van der Waals surface area contributed by atoms with Gasteiger partial charge < -0.3 is 14.6 Å². The molecule has 2 atom stereocenters. The van der Waals surface area contributed by atoms with E-state index >= 15 is 0 Å². The summed E-state index contributed by atoms with van der Waals surface area (Å²) in [6, 6.07) is 5.44. The van der Waals surface area contributed by atoms with E-state index < -0.39 is 5.97 Å². The van der Waals surface area contributed by atoms with Crippen LogP contribution in [-0.2, 0) is 4.79 Å². The Bertz CT molecular complexity index is 522. The number of methoxy groups -OCH3 is 1. The predicted molar refractivity (Wildman–Crippen MR) is 81.7 cm³/mol. The van der Waals surface area contributed by atoms with E-state index in [1.807, 2.05) is 12.1 Å². The summed E-state index contributed by atoms with van der Waals surface area (Å²) in [6.07, 6.45) is 7.39. The summed E-state index contributed by atoms with van der Waals surface area (Å²) in [5.74, 6) is 1.10. The van der Waals surface area contributed by atoms with Gasteiger partial charge >= 0.3 is 5.97 Å². The quantitative estimate of drug-likeness (QED) is 0.839. The van der Waals surface area contributed by atoms with Crippen LogP contribution in [0.2, 0.25) is 0 Å². The zero-order valence-electron chi connectivity index (χ0n) is 12.5. The molecule has 1 aromatic rings. The van der Waals surface area contributed by atoms with Gasteiger partial charge in [-0.2, -0.15) is 0 Å². The van der Waals surface area contributed by atoms with E-state index in [-0.39, 0.29) is 6.10 Å². The number of carboxylic acids is 1. The molecule has 0 heterocycles. The molecular weight excluding hydrogens is 268 g/mol. The first-order chi connectivity index (χ1) is 10.1. The Hall–Kier alpha value is -1.97. The molecule has 0 radical (unpaired) electrons. The van der Waals surface area contributed by atoms with Crippen LogP contribution in [0.3, 0.4) is 0 Å². The second kappa shape index (κ2) is 7.16. The summed E-state index contributed by atoms with van der Waals surface area (Å²) in [7, 11) is 1.61. The van der Waals surface area contributed by atoms with E-state index in [1.54, 1.807) is 19.3 Å². The number of carboxylic acid groups (broad SMARTS) is 1. The first-order valence-corrected chi connectivity index (χ1v) is 7.34. The van der Waals surface area contributed by atoms with Crippen LogP contribution in [0.5, 0.6) is 11.5 Å². The Labute approximate surface area is 125 Å². The van der Waals surface area contributed by atoms with Crippen molar-refractivity contribution >= 4 is 12.0 Å². The van der Waals surface area contributed by atoms with Crippen LogP contribution < -0.4 is 9.47 Å². The summed E-state index contributed by atoms with van der Waals surface area (Å²) in [4.78, 5) is 10.7.